The standard InChI is InChI=1S/C53H63BrN8O7S/c1-32-13-14-40(48-34(3)59-69-36(48)5)25-45(32)61(41-19-20-44(43(54)26-41)60-23-21-55-30-60)22-11-10-12-24-67-29-47(64)58-50(53(7,8)9)52(66)62-28-42(68-37(6)63)27-46(62)51(65)57-33(2)38-15-17-39(18-16-38)49-35(4)56-31-70-49/h13-21,23,25-26,30-31,33,42,46,50H,10-12,22,24,27-29H2,1-9H3,(H,57,65)(H,58,64)/t33-,42+,46-,50+/m0/s1. The average molecular weight is 1040 g/mol. The van der Waals surface area contributed by atoms with E-state index in [-0.39, 0.29) is 31.5 Å². The van der Waals surface area contributed by atoms with E-state index in [4.69, 9.17) is 14.0 Å². The molecule has 0 saturated carbocycles. The van der Waals surface area contributed by atoms with Crippen LogP contribution in [0.15, 0.2) is 93.9 Å². The van der Waals surface area contributed by atoms with Crippen LogP contribution in [0.4, 0.5) is 11.4 Å². The van der Waals surface area contributed by atoms with Gasteiger partial charge in [0.15, 0.2) is 0 Å². The smallest absolute Gasteiger partial charge is 0.302 e. The fourth-order valence-corrected chi connectivity index (χ4v) is 10.3. The minimum Gasteiger partial charge on any atom is -0.461 e. The van der Waals surface area contributed by atoms with Gasteiger partial charge in [0.2, 0.25) is 17.7 Å². The van der Waals surface area contributed by atoms with Gasteiger partial charge in [-0.25, -0.2) is 9.97 Å². The van der Waals surface area contributed by atoms with Gasteiger partial charge in [-0.05, 0) is 122 Å². The molecule has 0 unspecified atom stereocenters. The number of esters is 1. The van der Waals surface area contributed by atoms with Crippen LogP contribution in [0.2, 0.25) is 0 Å². The summed E-state index contributed by atoms with van der Waals surface area (Å²) >= 11 is 5.38. The second-order valence-corrected chi connectivity index (χ2v) is 20.7. The lowest BCUT2D eigenvalue weighted by Gasteiger charge is -2.35. The van der Waals surface area contributed by atoms with Crippen molar-refractivity contribution in [3.8, 4) is 27.3 Å². The minimum atomic E-state index is -0.991. The highest BCUT2D eigenvalue weighted by atomic mass is 79.9. The summed E-state index contributed by atoms with van der Waals surface area (Å²) in [6.07, 6.45) is 7.25. The second-order valence-electron chi connectivity index (χ2n) is 19.0. The number of hydrogen-bond acceptors (Lipinski definition) is 12. The number of imidazole rings is 1. The number of amides is 3. The Bertz CT molecular complexity index is 2760. The molecular formula is C53H63BrN8O7S. The van der Waals surface area contributed by atoms with E-state index in [2.05, 4.69) is 89.9 Å². The van der Waals surface area contributed by atoms with E-state index in [1.165, 1.54) is 11.8 Å². The van der Waals surface area contributed by atoms with E-state index < -0.39 is 41.4 Å². The molecule has 0 radical (unpaired) electrons. The van der Waals surface area contributed by atoms with Gasteiger partial charge in [-0.2, -0.15) is 0 Å². The number of anilines is 2. The highest BCUT2D eigenvalue weighted by molar-refractivity contribution is 9.10. The highest BCUT2D eigenvalue weighted by Gasteiger charge is 2.46. The molecule has 0 aliphatic carbocycles. The van der Waals surface area contributed by atoms with Crippen molar-refractivity contribution < 1.29 is 33.2 Å². The summed E-state index contributed by atoms with van der Waals surface area (Å²) in [4.78, 5) is 67.4. The first-order chi connectivity index (χ1) is 33.4. The largest absolute Gasteiger partial charge is 0.461 e. The van der Waals surface area contributed by atoms with Crippen molar-refractivity contribution >= 4 is 62.3 Å². The number of aromatic nitrogens is 4. The Morgan fingerprint density at radius 2 is 1.71 bits per heavy atom. The molecule has 1 aliphatic heterocycles. The lowest BCUT2D eigenvalue weighted by molar-refractivity contribution is -0.147. The first-order valence-electron chi connectivity index (χ1n) is 23.6. The van der Waals surface area contributed by atoms with E-state index in [1.807, 2.05) is 89.0 Å². The quantitative estimate of drug-likeness (QED) is 0.0584. The minimum absolute atomic E-state index is 0.0183. The molecule has 3 aromatic carbocycles. The number of thiazole rings is 1. The van der Waals surface area contributed by atoms with Crippen LogP contribution in [0.1, 0.15) is 94.6 Å². The lowest BCUT2D eigenvalue weighted by atomic mass is 9.85. The zero-order valence-corrected chi connectivity index (χ0v) is 43.8. The monoisotopic (exact) mass is 1030 g/mol. The number of nitrogens with zero attached hydrogens (tertiary/aromatic N) is 6. The summed E-state index contributed by atoms with van der Waals surface area (Å²) in [6, 6.07) is 18.4. The number of ether oxygens (including phenoxy) is 2. The van der Waals surface area contributed by atoms with Gasteiger partial charge in [-0.15, -0.1) is 11.3 Å². The Balaban J connectivity index is 0.954. The zero-order chi connectivity index (χ0) is 50.3. The van der Waals surface area contributed by atoms with Crippen molar-refractivity contribution in [1.29, 1.82) is 0 Å². The zero-order valence-electron chi connectivity index (χ0n) is 41.4. The summed E-state index contributed by atoms with van der Waals surface area (Å²) in [5.41, 5.74) is 11.0. The average Bonchev–Trinajstić information content (AvgIpc) is 4.15. The summed E-state index contributed by atoms with van der Waals surface area (Å²) in [7, 11) is 0. The normalized spacial score (nSPS) is 15.7. The molecule has 4 atom stereocenters. The fraction of sp³-hybridized carbons (Fsp3) is 0.415. The fourth-order valence-electron chi connectivity index (χ4n) is 8.95. The lowest BCUT2D eigenvalue weighted by Crippen LogP contribution is -2.58. The summed E-state index contributed by atoms with van der Waals surface area (Å²) in [5, 5.41) is 10.2. The van der Waals surface area contributed by atoms with Gasteiger partial charge in [0.25, 0.3) is 0 Å². The molecule has 7 rings (SSSR count). The first kappa shape index (κ1) is 51.7. The van der Waals surface area contributed by atoms with E-state index in [0.717, 1.165) is 84.2 Å². The maximum Gasteiger partial charge on any atom is 0.302 e. The molecule has 1 fully saturated rings. The van der Waals surface area contributed by atoms with Crippen molar-refractivity contribution in [2.24, 2.45) is 5.41 Å². The van der Waals surface area contributed by atoms with Crippen LogP contribution < -0.4 is 15.5 Å². The SMILES string of the molecule is CC(=O)O[C@@H]1C[C@@H](C(=O)N[C@@H](C)c2ccc(-c3scnc3C)cc2)N(C(=O)[C@@H](NC(=O)COCCCCCN(c2ccc(-n3ccnc3)c(Br)c2)c2cc(-c3c(C)noc3C)ccc2C)C(C)(C)C)C1. The van der Waals surface area contributed by atoms with Crippen molar-refractivity contribution in [3.05, 3.63) is 118 Å². The van der Waals surface area contributed by atoms with E-state index >= 15 is 0 Å². The van der Waals surface area contributed by atoms with Crippen molar-refractivity contribution in [2.45, 2.75) is 112 Å². The van der Waals surface area contributed by atoms with Gasteiger partial charge >= 0.3 is 5.97 Å². The summed E-state index contributed by atoms with van der Waals surface area (Å²) in [5.74, 6) is -0.993. The predicted octanol–water partition coefficient (Wildman–Crippen LogP) is 9.91. The third-order valence-electron chi connectivity index (χ3n) is 12.6. The van der Waals surface area contributed by atoms with Crippen LogP contribution in [0.25, 0.3) is 27.3 Å². The predicted molar refractivity (Wildman–Crippen MR) is 275 cm³/mol. The van der Waals surface area contributed by atoms with Crippen LogP contribution in [0.3, 0.4) is 0 Å². The van der Waals surface area contributed by atoms with E-state index in [1.54, 1.807) is 23.9 Å². The molecule has 70 heavy (non-hydrogen) atoms. The number of carbonyl (C=O) groups excluding carboxylic acids is 4. The van der Waals surface area contributed by atoms with E-state index in [9.17, 15) is 19.2 Å². The van der Waals surface area contributed by atoms with Gasteiger partial charge in [0.05, 0.1) is 46.4 Å². The Kier molecular flexibility index (Phi) is 16.8. The third-order valence-corrected chi connectivity index (χ3v) is 14.2. The molecule has 1 aliphatic rings. The number of benzene rings is 3. The molecule has 0 spiro atoms. The van der Waals surface area contributed by atoms with Crippen LogP contribution in [0, 0.1) is 33.1 Å². The Labute approximate surface area is 422 Å². The molecule has 2 N–H and O–H groups in total. The van der Waals surface area contributed by atoms with Crippen molar-refractivity contribution in [3.63, 3.8) is 0 Å². The van der Waals surface area contributed by atoms with Crippen LogP contribution in [-0.2, 0) is 28.7 Å². The number of likely N-dealkylation sites (tertiary alicyclic amines) is 1. The third kappa shape index (κ3) is 12.4. The van der Waals surface area contributed by atoms with Crippen LogP contribution in [0.5, 0.6) is 0 Å². The molecule has 17 heteroatoms. The Hall–Kier alpha value is -6.17. The van der Waals surface area contributed by atoms with Crippen LogP contribution >= 0.6 is 27.3 Å². The number of rotatable bonds is 19. The molecule has 4 heterocycles. The van der Waals surface area contributed by atoms with Gasteiger partial charge in [-0.1, -0.05) is 62.3 Å². The summed E-state index contributed by atoms with van der Waals surface area (Å²) < 4.78 is 19.8. The molecule has 3 amide bonds. The highest BCUT2D eigenvalue weighted by Crippen LogP contribution is 2.38. The van der Waals surface area contributed by atoms with Crippen molar-refractivity contribution in [2.75, 3.05) is 31.2 Å². The summed E-state index contributed by atoms with van der Waals surface area (Å²) in [6.45, 7) is 17.6. The molecule has 1 saturated heterocycles. The first-order valence-corrected chi connectivity index (χ1v) is 25.3. The van der Waals surface area contributed by atoms with Gasteiger partial charge in [0, 0.05) is 60.3 Å². The van der Waals surface area contributed by atoms with Gasteiger partial charge in [0.1, 0.15) is 30.6 Å². The van der Waals surface area contributed by atoms with Gasteiger partial charge in [-0.3, -0.25) is 19.2 Å². The van der Waals surface area contributed by atoms with Gasteiger partial charge < -0.3 is 39.0 Å². The number of aryl methyl sites for hydroxylation is 4. The van der Waals surface area contributed by atoms with E-state index in [0.29, 0.717) is 19.6 Å². The molecule has 0 bridgehead atoms. The number of hydrogen-bond donors (Lipinski definition) is 2. The molecule has 3 aromatic heterocycles. The second kappa shape index (κ2) is 22.7. The maximum atomic E-state index is 14.5. The molecular weight excluding hydrogens is 973 g/mol. The molecule has 15 nitrogen and oxygen atoms in total. The topological polar surface area (TPSA) is 174 Å². The van der Waals surface area contributed by atoms with Crippen LogP contribution in [-0.4, -0.2) is 92.8 Å². The van der Waals surface area contributed by atoms with Crippen molar-refractivity contribution in [1.82, 2.24) is 35.2 Å². The number of nitrogens with one attached hydrogen (secondary N) is 2. The number of halogens is 1. The Morgan fingerprint density at radius 3 is 2.36 bits per heavy atom. The molecule has 6 aromatic rings. The number of carbonyl (C=O) groups is 4. The molecule has 370 valence electrons. The maximum absolute atomic E-state index is 14.5. The Morgan fingerprint density at radius 1 is 0.957 bits per heavy atom. The number of unbranched alkanes of at least 4 members (excludes halogenated alkanes) is 2.